The van der Waals surface area contributed by atoms with Gasteiger partial charge in [-0.25, -0.2) is 0 Å². The molecule has 0 aliphatic carbocycles. The standard InChI is InChI=1S/C16H17N5O2/c1-2-10-5-6-14-11(8-10)12(9-23-14)16(22)21-7-3-4-13(21)15-17-19-20-18-15/h5-6,8-9,13H,2-4,7H2,1H3,(H,17,18,19,20). The van der Waals surface area contributed by atoms with Gasteiger partial charge in [-0.2, -0.15) is 5.21 Å². The van der Waals surface area contributed by atoms with Crippen LogP contribution in [-0.2, 0) is 6.42 Å². The normalized spacial score (nSPS) is 18.0. The lowest BCUT2D eigenvalue weighted by Crippen LogP contribution is -2.31. The highest BCUT2D eigenvalue weighted by Crippen LogP contribution is 2.33. The number of tetrazole rings is 1. The monoisotopic (exact) mass is 311 g/mol. The van der Waals surface area contributed by atoms with Crippen molar-refractivity contribution in [2.24, 2.45) is 0 Å². The molecule has 1 aliphatic rings. The minimum absolute atomic E-state index is 0.0377. The van der Waals surface area contributed by atoms with Crippen LogP contribution in [0.1, 0.15) is 47.6 Å². The van der Waals surface area contributed by atoms with E-state index in [0.717, 1.165) is 30.2 Å². The largest absolute Gasteiger partial charge is 0.463 e. The Morgan fingerprint density at radius 2 is 2.39 bits per heavy atom. The third-order valence-corrected chi connectivity index (χ3v) is 4.45. The van der Waals surface area contributed by atoms with Crippen molar-refractivity contribution in [3.05, 3.63) is 41.4 Å². The highest BCUT2D eigenvalue weighted by atomic mass is 16.3. The number of likely N-dealkylation sites (tertiary alicyclic amines) is 1. The zero-order valence-corrected chi connectivity index (χ0v) is 12.8. The summed E-state index contributed by atoms with van der Waals surface area (Å²) in [6, 6.07) is 5.86. The zero-order chi connectivity index (χ0) is 15.8. The second-order valence-electron chi connectivity index (χ2n) is 5.76. The molecule has 7 heteroatoms. The number of aromatic nitrogens is 4. The van der Waals surface area contributed by atoms with Gasteiger partial charge in [-0.1, -0.05) is 18.2 Å². The van der Waals surface area contributed by atoms with E-state index in [4.69, 9.17) is 4.42 Å². The molecule has 1 atom stereocenters. The van der Waals surface area contributed by atoms with Crippen LogP contribution in [0, 0.1) is 0 Å². The Kier molecular flexibility index (Phi) is 3.33. The Bertz CT molecular complexity index is 839. The number of aryl methyl sites for hydroxylation is 1. The first-order valence-corrected chi connectivity index (χ1v) is 7.82. The van der Waals surface area contributed by atoms with Crippen LogP contribution in [0.4, 0.5) is 0 Å². The number of fused-ring (bicyclic) bond motifs is 1. The predicted octanol–water partition coefficient (Wildman–Crippen LogP) is 2.49. The van der Waals surface area contributed by atoms with Gasteiger partial charge in [-0.05, 0) is 37.0 Å². The first-order valence-electron chi connectivity index (χ1n) is 7.82. The van der Waals surface area contributed by atoms with Gasteiger partial charge in [-0.3, -0.25) is 4.79 Å². The maximum Gasteiger partial charge on any atom is 0.258 e. The van der Waals surface area contributed by atoms with E-state index in [2.05, 4.69) is 27.5 Å². The number of amides is 1. The van der Waals surface area contributed by atoms with Gasteiger partial charge < -0.3 is 9.32 Å². The second-order valence-corrected chi connectivity index (χ2v) is 5.76. The number of benzene rings is 1. The van der Waals surface area contributed by atoms with Crippen molar-refractivity contribution in [3.63, 3.8) is 0 Å². The van der Waals surface area contributed by atoms with Crippen LogP contribution in [0.15, 0.2) is 28.9 Å². The van der Waals surface area contributed by atoms with Gasteiger partial charge in [0.05, 0.1) is 11.6 Å². The van der Waals surface area contributed by atoms with Gasteiger partial charge in [0.25, 0.3) is 5.91 Å². The molecule has 1 unspecified atom stereocenters. The van der Waals surface area contributed by atoms with Crippen LogP contribution in [0.3, 0.4) is 0 Å². The summed E-state index contributed by atoms with van der Waals surface area (Å²) in [6.45, 7) is 2.79. The molecule has 0 radical (unpaired) electrons. The molecule has 0 bridgehead atoms. The van der Waals surface area contributed by atoms with E-state index in [1.165, 1.54) is 5.56 Å². The smallest absolute Gasteiger partial charge is 0.258 e. The van der Waals surface area contributed by atoms with Gasteiger partial charge >= 0.3 is 0 Å². The highest BCUT2D eigenvalue weighted by molar-refractivity contribution is 6.06. The van der Waals surface area contributed by atoms with Crippen molar-refractivity contribution < 1.29 is 9.21 Å². The summed E-state index contributed by atoms with van der Waals surface area (Å²) in [6.07, 6.45) is 4.25. The quantitative estimate of drug-likeness (QED) is 0.803. The first kappa shape index (κ1) is 13.9. The third kappa shape index (κ3) is 2.28. The molecule has 7 nitrogen and oxygen atoms in total. The topological polar surface area (TPSA) is 87.9 Å². The number of H-pyrrole nitrogens is 1. The summed E-state index contributed by atoms with van der Waals surface area (Å²) >= 11 is 0. The molecular formula is C16H17N5O2. The van der Waals surface area contributed by atoms with E-state index < -0.39 is 0 Å². The van der Waals surface area contributed by atoms with Gasteiger partial charge in [-0.15, -0.1) is 10.2 Å². The summed E-state index contributed by atoms with van der Waals surface area (Å²) in [5.41, 5.74) is 2.52. The van der Waals surface area contributed by atoms with Gasteiger partial charge in [0.2, 0.25) is 0 Å². The molecule has 1 fully saturated rings. The molecule has 0 saturated carbocycles. The molecule has 1 aromatic carbocycles. The predicted molar refractivity (Wildman–Crippen MR) is 82.8 cm³/mol. The Balaban J connectivity index is 1.71. The summed E-state index contributed by atoms with van der Waals surface area (Å²) in [4.78, 5) is 14.8. The van der Waals surface area contributed by atoms with Crippen molar-refractivity contribution >= 4 is 16.9 Å². The molecule has 4 rings (SSSR count). The Hall–Kier alpha value is -2.70. The van der Waals surface area contributed by atoms with Gasteiger partial charge in [0.1, 0.15) is 11.8 Å². The first-order chi connectivity index (χ1) is 11.3. The van der Waals surface area contributed by atoms with E-state index in [1.54, 1.807) is 6.26 Å². The number of carbonyl (C=O) groups excluding carboxylic acids is 1. The second kappa shape index (κ2) is 5.49. The summed E-state index contributed by atoms with van der Waals surface area (Å²) in [5.74, 6) is 0.530. The van der Waals surface area contributed by atoms with E-state index in [0.29, 0.717) is 17.9 Å². The molecule has 1 saturated heterocycles. The molecule has 1 N–H and O–H groups in total. The minimum Gasteiger partial charge on any atom is -0.463 e. The van der Waals surface area contributed by atoms with Crippen molar-refractivity contribution in [3.8, 4) is 0 Å². The fraction of sp³-hybridized carbons (Fsp3) is 0.375. The van der Waals surface area contributed by atoms with Crippen LogP contribution in [0.5, 0.6) is 0 Å². The maximum atomic E-state index is 13.0. The van der Waals surface area contributed by atoms with E-state index in [9.17, 15) is 4.79 Å². The number of furan rings is 1. The fourth-order valence-corrected chi connectivity index (χ4v) is 3.21. The molecule has 118 valence electrons. The van der Waals surface area contributed by atoms with Crippen molar-refractivity contribution in [1.82, 2.24) is 25.5 Å². The van der Waals surface area contributed by atoms with Gasteiger partial charge in [0, 0.05) is 11.9 Å². The Morgan fingerprint density at radius 1 is 1.48 bits per heavy atom. The number of rotatable bonds is 3. The molecular weight excluding hydrogens is 294 g/mol. The number of nitrogens with one attached hydrogen (secondary N) is 1. The average molecular weight is 311 g/mol. The van der Waals surface area contributed by atoms with Gasteiger partial charge in [0.15, 0.2) is 5.82 Å². The summed E-state index contributed by atoms with van der Waals surface area (Å²) in [5, 5.41) is 15.0. The number of nitrogens with zero attached hydrogens (tertiary/aromatic N) is 4. The van der Waals surface area contributed by atoms with E-state index in [1.807, 2.05) is 23.1 Å². The molecule has 23 heavy (non-hydrogen) atoms. The number of aromatic amines is 1. The van der Waals surface area contributed by atoms with Crippen LogP contribution >= 0.6 is 0 Å². The SMILES string of the molecule is CCc1ccc2occ(C(=O)N3CCCC3c3nn[nH]n3)c2c1. The van der Waals surface area contributed by atoms with Crippen LogP contribution in [-0.4, -0.2) is 38.0 Å². The Labute approximate surface area is 132 Å². The molecule has 3 aromatic rings. The summed E-state index contributed by atoms with van der Waals surface area (Å²) in [7, 11) is 0. The Morgan fingerprint density at radius 3 is 3.17 bits per heavy atom. The molecule has 1 amide bonds. The van der Waals surface area contributed by atoms with Crippen LogP contribution < -0.4 is 0 Å². The lowest BCUT2D eigenvalue weighted by atomic mass is 10.1. The lowest BCUT2D eigenvalue weighted by Gasteiger charge is -2.21. The summed E-state index contributed by atoms with van der Waals surface area (Å²) < 4.78 is 5.56. The third-order valence-electron chi connectivity index (χ3n) is 4.45. The van der Waals surface area contributed by atoms with E-state index >= 15 is 0 Å². The van der Waals surface area contributed by atoms with E-state index in [-0.39, 0.29) is 11.9 Å². The van der Waals surface area contributed by atoms with Crippen molar-refractivity contribution in [2.45, 2.75) is 32.2 Å². The molecule has 0 spiro atoms. The van der Waals surface area contributed by atoms with Crippen LogP contribution in [0.2, 0.25) is 0 Å². The highest BCUT2D eigenvalue weighted by Gasteiger charge is 2.34. The zero-order valence-electron chi connectivity index (χ0n) is 12.8. The number of hydrogen-bond donors (Lipinski definition) is 1. The molecule has 3 heterocycles. The number of carbonyl (C=O) groups is 1. The minimum atomic E-state index is -0.124. The lowest BCUT2D eigenvalue weighted by molar-refractivity contribution is 0.0731. The average Bonchev–Trinajstić information content (AvgIpc) is 3.31. The maximum absolute atomic E-state index is 13.0. The number of hydrogen-bond acceptors (Lipinski definition) is 5. The van der Waals surface area contributed by atoms with Crippen molar-refractivity contribution in [2.75, 3.05) is 6.54 Å². The van der Waals surface area contributed by atoms with Crippen LogP contribution in [0.25, 0.3) is 11.0 Å². The molecule has 1 aliphatic heterocycles. The fourth-order valence-electron chi connectivity index (χ4n) is 3.21. The molecule has 2 aromatic heterocycles. The van der Waals surface area contributed by atoms with Crippen molar-refractivity contribution in [1.29, 1.82) is 0 Å².